The Bertz CT molecular complexity index is 1190. The number of anilines is 1. The zero-order valence-corrected chi connectivity index (χ0v) is 21.1. The van der Waals surface area contributed by atoms with E-state index < -0.39 is 5.54 Å². The highest BCUT2D eigenvalue weighted by Crippen LogP contribution is 2.40. The molecule has 0 aliphatic carbocycles. The summed E-state index contributed by atoms with van der Waals surface area (Å²) in [5, 5.41) is 11.5. The number of benzene rings is 2. The number of carbonyl (C=O) groups is 2. The van der Waals surface area contributed by atoms with E-state index in [-0.39, 0.29) is 23.5 Å². The van der Waals surface area contributed by atoms with E-state index in [0.717, 1.165) is 17.8 Å². The average Bonchev–Trinajstić information content (AvgIpc) is 3.32. The highest BCUT2D eigenvalue weighted by molar-refractivity contribution is 5.99. The van der Waals surface area contributed by atoms with Gasteiger partial charge >= 0.3 is 5.97 Å². The minimum absolute atomic E-state index is 0.0786. The molecule has 0 saturated heterocycles. The summed E-state index contributed by atoms with van der Waals surface area (Å²) in [6.07, 6.45) is 3.90. The average molecular weight is 475 g/mol. The number of methoxy groups -OCH3 is 1. The molecule has 1 aliphatic heterocycles. The van der Waals surface area contributed by atoms with Gasteiger partial charge in [-0.15, -0.1) is 0 Å². The second-order valence-electron chi connectivity index (χ2n) is 9.76. The number of rotatable bonds is 7. The highest BCUT2D eigenvalue weighted by Gasteiger charge is 2.38. The predicted molar refractivity (Wildman–Crippen MR) is 136 cm³/mol. The van der Waals surface area contributed by atoms with Gasteiger partial charge in [0, 0.05) is 0 Å². The van der Waals surface area contributed by atoms with Crippen molar-refractivity contribution >= 4 is 17.7 Å². The summed E-state index contributed by atoms with van der Waals surface area (Å²) in [4.78, 5) is 25.5. The van der Waals surface area contributed by atoms with Crippen molar-refractivity contribution in [1.82, 2.24) is 15.1 Å². The zero-order valence-electron chi connectivity index (χ0n) is 21.1. The van der Waals surface area contributed by atoms with Gasteiger partial charge in [0.1, 0.15) is 11.4 Å². The number of hydrogen-bond donors (Lipinski definition) is 2. The van der Waals surface area contributed by atoms with E-state index in [9.17, 15) is 9.59 Å². The van der Waals surface area contributed by atoms with Gasteiger partial charge in [0.05, 0.1) is 36.0 Å². The molecule has 1 amide bonds. The smallest absolute Gasteiger partial charge is 0.337 e. The van der Waals surface area contributed by atoms with Crippen LogP contribution in [-0.2, 0) is 15.8 Å². The van der Waals surface area contributed by atoms with Crippen LogP contribution in [0.15, 0.2) is 60.8 Å². The van der Waals surface area contributed by atoms with Crippen molar-refractivity contribution in [2.75, 3.05) is 12.4 Å². The van der Waals surface area contributed by atoms with E-state index >= 15 is 0 Å². The molecule has 0 bridgehead atoms. The monoisotopic (exact) mass is 474 g/mol. The number of fused-ring (bicyclic) bond motifs is 1. The largest absolute Gasteiger partial charge is 0.465 e. The highest BCUT2D eigenvalue weighted by atomic mass is 16.5. The van der Waals surface area contributed by atoms with Crippen LogP contribution in [0.25, 0.3) is 0 Å². The number of aromatic nitrogens is 2. The van der Waals surface area contributed by atoms with Crippen molar-refractivity contribution in [3.05, 3.63) is 83.0 Å². The lowest BCUT2D eigenvalue weighted by molar-refractivity contribution is 0.0600. The molecular weight excluding hydrogens is 440 g/mol. The first kappa shape index (κ1) is 24.5. The molecule has 3 aromatic rings. The molecule has 7 nitrogen and oxygen atoms in total. The van der Waals surface area contributed by atoms with Gasteiger partial charge in [-0.05, 0) is 56.4 Å². The lowest BCUT2D eigenvalue weighted by Crippen LogP contribution is -2.45. The Morgan fingerprint density at radius 1 is 1.11 bits per heavy atom. The predicted octanol–water partition coefficient (Wildman–Crippen LogP) is 5.41. The summed E-state index contributed by atoms with van der Waals surface area (Å²) in [5.41, 5.74) is 2.30. The van der Waals surface area contributed by atoms with Gasteiger partial charge in [-0.25, -0.2) is 9.48 Å². The van der Waals surface area contributed by atoms with Gasteiger partial charge in [0.25, 0.3) is 5.91 Å². The van der Waals surface area contributed by atoms with Gasteiger partial charge in [0.2, 0.25) is 0 Å². The maximum atomic E-state index is 13.7. The molecule has 4 rings (SSSR count). The Labute approximate surface area is 206 Å². The fourth-order valence-corrected chi connectivity index (χ4v) is 5.04. The van der Waals surface area contributed by atoms with Gasteiger partial charge in [0.15, 0.2) is 0 Å². The van der Waals surface area contributed by atoms with Crippen LogP contribution < -0.4 is 10.6 Å². The SMILES string of the molecule is CCC(CC)(NC(=O)c1cnn2c1NC(c1ccccc1)CC2(C)C)c1ccc(C(=O)OC)cc1. The van der Waals surface area contributed by atoms with Crippen molar-refractivity contribution in [2.45, 2.75) is 64.1 Å². The third kappa shape index (κ3) is 4.55. The fraction of sp³-hybridized carbons (Fsp3) is 0.393. The third-order valence-corrected chi connectivity index (χ3v) is 7.22. The quantitative estimate of drug-likeness (QED) is 0.448. The van der Waals surface area contributed by atoms with Gasteiger partial charge in [-0.3, -0.25) is 4.79 Å². The Kier molecular flexibility index (Phi) is 6.70. The van der Waals surface area contributed by atoms with E-state index in [1.165, 1.54) is 12.7 Å². The van der Waals surface area contributed by atoms with E-state index in [4.69, 9.17) is 4.74 Å². The molecule has 0 fully saturated rings. The second kappa shape index (κ2) is 9.56. The van der Waals surface area contributed by atoms with Crippen LogP contribution in [0.1, 0.15) is 84.8 Å². The lowest BCUT2D eigenvalue weighted by Gasteiger charge is -2.38. The summed E-state index contributed by atoms with van der Waals surface area (Å²) in [5.74, 6) is 0.172. The molecule has 2 N–H and O–H groups in total. The number of nitrogens with one attached hydrogen (secondary N) is 2. The van der Waals surface area contributed by atoms with Crippen LogP contribution in [-0.4, -0.2) is 28.8 Å². The minimum atomic E-state index is -0.580. The first-order chi connectivity index (χ1) is 16.7. The van der Waals surface area contributed by atoms with Gasteiger partial charge < -0.3 is 15.4 Å². The molecule has 0 radical (unpaired) electrons. The second-order valence-corrected chi connectivity index (χ2v) is 9.76. The van der Waals surface area contributed by atoms with Gasteiger partial charge in [-0.1, -0.05) is 56.3 Å². The summed E-state index contributed by atoms with van der Waals surface area (Å²) >= 11 is 0. The molecule has 0 saturated carbocycles. The van der Waals surface area contributed by atoms with Crippen molar-refractivity contribution in [3.63, 3.8) is 0 Å². The number of esters is 1. The molecular formula is C28H34N4O3. The number of carbonyl (C=O) groups excluding carboxylic acids is 2. The lowest BCUT2D eigenvalue weighted by atomic mass is 9.84. The number of amides is 1. The van der Waals surface area contributed by atoms with E-state index in [2.05, 4.69) is 55.6 Å². The normalized spacial score (nSPS) is 16.7. The summed E-state index contributed by atoms with van der Waals surface area (Å²) in [7, 11) is 1.36. The van der Waals surface area contributed by atoms with Crippen LogP contribution >= 0.6 is 0 Å². The molecule has 7 heteroatoms. The molecule has 35 heavy (non-hydrogen) atoms. The van der Waals surface area contributed by atoms with E-state index in [1.54, 1.807) is 18.3 Å². The molecule has 2 heterocycles. The van der Waals surface area contributed by atoms with Crippen LogP contribution in [0.5, 0.6) is 0 Å². The first-order valence-electron chi connectivity index (χ1n) is 12.2. The molecule has 2 aromatic carbocycles. The molecule has 1 aliphatic rings. The van der Waals surface area contributed by atoms with E-state index in [1.807, 2.05) is 35.0 Å². The number of ether oxygens (including phenoxy) is 1. The molecule has 1 aromatic heterocycles. The van der Waals surface area contributed by atoms with Crippen molar-refractivity contribution in [2.24, 2.45) is 0 Å². The van der Waals surface area contributed by atoms with Crippen molar-refractivity contribution in [1.29, 1.82) is 0 Å². The molecule has 1 atom stereocenters. The third-order valence-electron chi connectivity index (χ3n) is 7.22. The molecule has 1 unspecified atom stereocenters. The number of hydrogen-bond acceptors (Lipinski definition) is 5. The van der Waals surface area contributed by atoms with Gasteiger partial charge in [-0.2, -0.15) is 5.10 Å². The van der Waals surface area contributed by atoms with Crippen LogP contribution in [0.4, 0.5) is 5.82 Å². The maximum Gasteiger partial charge on any atom is 0.337 e. The Hall–Kier alpha value is -3.61. The van der Waals surface area contributed by atoms with Crippen LogP contribution in [0.2, 0.25) is 0 Å². The summed E-state index contributed by atoms with van der Waals surface area (Å²) in [6, 6.07) is 17.6. The zero-order chi connectivity index (χ0) is 25.2. The summed E-state index contributed by atoms with van der Waals surface area (Å²) < 4.78 is 6.74. The summed E-state index contributed by atoms with van der Waals surface area (Å²) in [6.45, 7) is 8.40. The van der Waals surface area contributed by atoms with Crippen LogP contribution in [0, 0.1) is 0 Å². The van der Waals surface area contributed by atoms with Crippen LogP contribution in [0.3, 0.4) is 0 Å². The minimum Gasteiger partial charge on any atom is -0.465 e. The topological polar surface area (TPSA) is 85.3 Å². The Morgan fingerprint density at radius 2 is 1.77 bits per heavy atom. The van der Waals surface area contributed by atoms with Crippen molar-refractivity contribution in [3.8, 4) is 0 Å². The standard InChI is InChI=1S/C28H34N4O3/c1-6-28(7-2,21-15-13-20(14-16-21)26(34)35-5)31-25(33)22-18-29-32-24(22)30-23(17-27(32,3)4)19-11-9-8-10-12-19/h8-16,18,23,30H,6-7,17H2,1-5H3,(H,31,33). The Morgan fingerprint density at radius 3 is 2.37 bits per heavy atom. The molecule has 184 valence electrons. The fourth-order valence-electron chi connectivity index (χ4n) is 5.04. The maximum absolute atomic E-state index is 13.7. The first-order valence-corrected chi connectivity index (χ1v) is 12.2. The van der Waals surface area contributed by atoms with Crippen molar-refractivity contribution < 1.29 is 14.3 Å². The molecule has 0 spiro atoms. The Balaban J connectivity index is 1.65. The van der Waals surface area contributed by atoms with E-state index in [0.29, 0.717) is 24.0 Å². The number of nitrogens with zero attached hydrogens (tertiary/aromatic N) is 2.